The first-order valence-electron chi connectivity index (χ1n) is 4.60. The molecule has 0 aliphatic rings. The standard InChI is InChI=1S/C10H9N3O2S/c14-9-1-2-11-4-8(9)10(15)12-3-7-5-16-6-13-7/h1-2,4-6H,3H2,(H,11,14)(H,12,15). The number of aromatic amines is 1. The van der Waals surface area contributed by atoms with Crippen molar-refractivity contribution < 1.29 is 4.79 Å². The molecule has 0 bridgehead atoms. The maximum Gasteiger partial charge on any atom is 0.257 e. The minimum absolute atomic E-state index is 0.109. The van der Waals surface area contributed by atoms with Gasteiger partial charge >= 0.3 is 0 Å². The molecule has 2 heterocycles. The second-order valence-corrected chi connectivity index (χ2v) is 3.80. The number of rotatable bonds is 3. The van der Waals surface area contributed by atoms with E-state index in [0.29, 0.717) is 6.54 Å². The van der Waals surface area contributed by atoms with Crippen LogP contribution in [0.3, 0.4) is 0 Å². The van der Waals surface area contributed by atoms with E-state index in [-0.39, 0.29) is 11.0 Å². The van der Waals surface area contributed by atoms with E-state index < -0.39 is 5.91 Å². The molecule has 82 valence electrons. The Morgan fingerprint density at radius 3 is 3.12 bits per heavy atom. The molecule has 0 saturated heterocycles. The van der Waals surface area contributed by atoms with Gasteiger partial charge in [0.15, 0.2) is 5.43 Å². The van der Waals surface area contributed by atoms with Gasteiger partial charge in [0.1, 0.15) is 5.56 Å². The first kappa shape index (κ1) is 10.6. The molecule has 2 aromatic rings. The summed E-state index contributed by atoms with van der Waals surface area (Å²) in [7, 11) is 0. The van der Waals surface area contributed by atoms with Crippen LogP contribution in [0.4, 0.5) is 0 Å². The summed E-state index contributed by atoms with van der Waals surface area (Å²) in [4.78, 5) is 29.7. The van der Waals surface area contributed by atoms with Gasteiger partial charge in [-0.3, -0.25) is 9.59 Å². The SMILES string of the molecule is O=C(NCc1cscn1)c1c[nH]ccc1=O. The molecule has 0 fully saturated rings. The lowest BCUT2D eigenvalue weighted by Crippen LogP contribution is -2.28. The van der Waals surface area contributed by atoms with E-state index in [2.05, 4.69) is 15.3 Å². The number of aromatic nitrogens is 2. The lowest BCUT2D eigenvalue weighted by molar-refractivity contribution is 0.0949. The fraction of sp³-hybridized carbons (Fsp3) is 0.100. The van der Waals surface area contributed by atoms with E-state index in [4.69, 9.17) is 0 Å². The quantitative estimate of drug-likeness (QED) is 0.824. The van der Waals surface area contributed by atoms with Crippen molar-refractivity contribution in [2.45, 2.75) is 6.54 Å². The van der Waals surface area contributed by atoms with E-state index in [9.17, 15) is 9.59 Å². The van der Waals surface area contributed by atoms with Crippen molar-refractivity contribution in [1.82, 2.24) is 15.3 Å². The van der Waals surface area contributed by atoms with Crippen LogP contribution in [-0.4, -0.2) is 15.9 Å². The molecule has 1 amide bonds. The number of carbonyl (C=O) groups excluding carboxylic acids is 1. The van der Waals surface area contributed by atoms with E-state index in [1.165, 1.54) is 29.8 Å². The van der Waals surface area contributed by atoms with Crippen molar-refractivity contribution in [1.29, 1.82) is 0 Å². The van der Waals surface area contributed by atoms with Crippen LogP contribution >= 0.6 is 11.3 Å². The molecule has 0 atom stereocenters. The third-order valence-electron chi connectivity index (χ3n) is 1.98. The minimum Gasteiger partial charge on any atom is -0.367 e. The molecule has 0 aliphatic carbocycles. The summed E-state index contributed by atoms with van der Waals surface area (Å²) in [5.41, 5.74) is 2.29. The smallest absolute Gasteiger partial charge is 0.257 e. The molecule has 0 saturated carbocycles. The van der Waals surface area contributed by atoms with Crippen LogP contribution in [0.15, 0.2) is 34.1 Å². The van der Waals surface area contributed by atoms with Crippen LogP contribution in [0, 0.1) is 0 Å². The first-order valence-corrected chi connectivity index (χ1v) is 5.54. The molecular weight excluding hydrogens is 226 g/mol. The van der Waals surface area contributed by atoms with Crippen LogP contribution < -0.4 is 10.7 Å². The molecule has 0 spiro atoms. The average Bonchev–Trinajstić information content (AvgIpc) is 2.79. The summed E-state index contributed by atoms with van der Waals surface area (Å²) in [5, 5.41) is 4.47. The fourth-order valence-electron chi connectivity index (χ4n) is 1.18. The van der Waals surface area contributed by atoms with Crippen molar-refractivity contribution in [3.8, 4) is 0 Å². The molecule has 2 aromatic heterocycles. The largest absolute Gasteiger partial charge is 0.367 e. The Kier molecular flexibility index (Phi) is 3.11. The van der Waals surface area contributed by atoms with Gasteiger partial charge in [0.05, 0.1) is 17.7 Å². The van der Waals surface area contributed by atoms with Crippen LogP contribution in [0.2, 0.25) is 0 Å². The summed E-state index contributed by atoms with van der Waals surface area (Å²) in [5.74, 6) is -0.394. The van der Waals surface area contributed by atoms with Crippen LogP contribution in [0.25, 0.3) is 0 Å². The summed E-state index contributed by atoms with van der Waals surface area (Å²) in [6.07, 6.45) is 2.87. The number of hydrogen-bond acceptors (Lipinski definition) is 4. The Morgan fingerprint density at radius 1 is 1.56 bits per heavy atom. The minimum atomic E-state index is -0.394. The van der Waals surface area contributed by atoms with Gasteiger partial charge in [-0.1, -0.05) is 0 Å². The maximum absolute atomic E-state index is 11.6. The second-order valence-electron chi connectivity index (χ2n) is 3.08. The van der Waals surface area contributed by atoms with Crippen LogP contribution in [0.1, 0.15) is 16.1 Å². The highest BCUT2D eigenvalue weighted by Crippen LogP contribution is 2.00. The summed E-state index contributed by atoms with van der Waals surface area (Å²) < 4.78 is 0. The molecule has 5 nitrogen and oxygen atoms in total. The van der Waals surface area contributed by atoms with E-state index in [1.807, 2.05) is 5.38 Å². The average molecular weight is 235 g/mol. The first-order chi connectivity index (χ1) is 7.77. The van der Waals surface area contributed by atoms with Crippen molar-refractivity contribution in [2.75, 3.05) is 0 Å². The Hall–Kier alpha value is -1.95. The summed E-state index contributed by atoms with van der Waals surface area (Å²) in [6.45, 7) is 0.330. The van der Waals surface area contributed by atoms with Gasteiger partial charge in [0.25, 0.3) is 5.91 Å². The van der Waals surface area contributed by atoms with Crippen molar-refractivity contribution in [3.63, 3.8) is 0 Å². The Bertz CT molecular complexity index is 533. The molecule has 0 unspecified atom stereocenters. The fourth-order valence-corrected chi connectivity index (χ4v) is 1.74. The van der Waals surface area contributed by atoms with E-state index >= 15 is 0 Å². The molecule has 0 radical (unpaired) electrons. The van der Waals surface area contributed by atoms with Gasteiger partial charge in [-0.05, 0) is 0 Å². The number of carbonyl (C=O) groups is 1. The number of nitrogens with zero attached hydrogens (tertiary/aromatic N) is 1. The van der Waals surface area contributed by atoms with Crippen molar-refractivity contribution in [3.05, 3.63) is 50.8 Å². The predicted octanol–water partition coefficient (Wildman–Crippen LogP) is 0.761. The normalized spacial score (nSPS) is 10.0. The molecule has 0 aromatic carbocycles. The van der Waals surface area contributed by atoms with Crippen molar-refractivity contribution >= 4 is 17.2 Å². The number of nitrogens with one attached hydrogen (secondary N) is 2. The van der Waals surface area contributed by atoms with Gasteiger partial charge in [0.2, 0.25) is 0 Å². The Morgan fingerprint density at radius 2 is 2.44 bits per heavy atom. The van der Waals surface area contributed by atoms with Gasteiger partial charge < -0.3 is 10.3 Å². The lowest BCUT2D eigenvalue weighted by Gasteiger charge is -2.01. The Balaban J connectivity index is 2.04. The monoisotopic (exact) mass is 235 g/mol. The van der Waals surface area contributed by atoms with Crippen LogP contribution in [-0.2, 0) is 6.54 Å². The molecular formula is C10H9N3O2S. The van der Waals surface area contributed by atoms with Gasteiger partial charge in [-0.2, -0.15) is 0 Å². The van der Waals surface area contributed by atoms with E-state index in [0.717, 1.165) is 5.69 Å². The molecule has 2 N–H and O–H groups in total. The van der Waals surface area contributed by atoms with Gasteiger partial charge in [0, 0.05) is 23.8 Å². The van der Waals surface area contributed by atoms with Crippen LogP contribution in [0.5, 0.6) is 0 Å². The topological polar surface area (TPSA) is 74.8 Å². The zero-order valence-corrected chi connectivity index (χ0v) is 9.08. The summed E-state index contributed by atoms with van der Waals surface area (Å²) in [6, 6.07) is 1.32. The molecule has 0 aliphatic heterocycles. The Labute approximate surface area is 95.2 Å². The predicted molar refractivity (Wildman–Crippen MR) is 60.3 cm³/mol. The lowest BCUT2D eigenvalue weighted by atomic mass is 10.2. The zero-order chi connectivity index (χ0) is 11.4. The number of hydrogen-bond donors (Lipinski definition) is 2. The zero-order valence-electron chi connectivity index (χ0n) is 8.27. The highest BCUT2D eigenvalue weighted by molar-refractivity contribution is 7.07. The number of amides is 1. The van der Waals surface area contributed by atoms with Crippen molar-refractivity contribution in [2.24, 2.45) is 0 Å². The second kappa shape index (κ2) is 4.71. The highest BCUT2D eigenvalue weighted by Gasteiger charge is 2.08. The molecule has 16 heavy (non-hydrogen) atoms. The maximum atomic E-state index is 11.6. The van der Waals surface area contributed by atoms with Gasteiger partial charge in [-0.15, -0.1) is 11.3 Å². The highest BCUT2D eigenvalue weighted by atomic mass is 32.1. The third-order valence-corrected chi connectivity index (χ3v) is 2.62. The number of H-pyrrole nitrogens is 1. The molecule has 2 rings (SSSR count). The number of thiazole rings is 1. The third kappa shape index (κ3) is 2.34. The molecule has 6 heteroatoms. The summed E-state index contributed by atoms with van der Waals surface area (Å²) >= 11 is 1.46. The van der Waals surface area contributed by atoms with Gasteiger partial charge in [-0.25, -0.2) is 4.98 Å². The van der Waals surface area contributed by atoms with E-state index in [1.54, 1.807) is 5.51 Å². The number of pyridine rings is 1.